The van der Waals surface area contributed by atoms with Gasteiger partial charge in [-0.2, -0.15) is 5.10 Å². The van der Waals surface area contributed by atoms with E-state index in [2.05, 4.69) is 32.7 Å². The molecule has 7 nitrogen and oxygen atoms in total. The van der Waals surface area contributed by atoms with Gasteiger partial charge >= 0.3 is 0 Å². The molecule has 1 aromatic carbocycles. The van der Waals surface area contributed by atoms with E-state index in [1.54, 1.807) is 0 Å². The summed E-state index contributed by atoms with van der Waals surface area (Å²) in [5.74, 6) is 1.79. The van der Waals surface area contributed by atoms with E-state index in [1.807, 2.05) is 31.3 Å². The number of hydrogen-bond acceptors (Lipinski definition) is 6. The van der Waals surface area contributed by atoms with Crippen LogP contribution in [0.25, 0.3) is 10.9 Å². The fourth-order valence-corrected chi connectivity index (χ4v) is 3.26. The van der Waals surface area contributed by atoms with E-state index in [0.29, 0.717) is 11.4 Å². The molecule has 1 saturated heterocycles. The first kappa shape index (κ1) is 16.9. The molecular weight excluding hydrogens is 328 g/mol. The SMILES string of the molecule is CN/C(=C\C(=N)c1n[nH]c2ccc(OC3(C)CC3)cc12)N1CCNCC1. The predicted octanol–water partition coefficient (Wildman–Crippen LogP) is 1.83. The van der Waals surface area contributed by atoms with Crippen LogP contribution in [0.15, 0.2) is 30.1 Å². The second-order valence-electron chi connectivity index (χ2n) is 7.26. The molecule has 2 heterocycles. The molecule has 1 aromatic heterocycles. The van der Waals surface area contributed by atoms with E-state index in [0.717, 1.165) is 61.5 Å². The Balaban J connectivity index is 1.61. The van der Waals surface area contributed by atoms with Gasteiger partial charge in [0, 0.05) is 44.7 Å². The van der Waals surface area contributed by atoms with Crippen molar-refractivity contribution in [3.05, 3.63) is 35.8 Å². The third-order valence-electron chi connectivity index (χ3n) is 5.10. The zero-order valence-corrected chi connectivity index (χ0v) is 15.4. The molecule has 1 aliphatic heterocycles. The Morgan fingerprint density at radius 1 is 1.35 bits per heavy atom. The molecule has 4 rings (SSSR count). The Kier molecular flexibility index (Phi) is 4.32. The minimum Gasteiger partial charge on any atom is -0.488 e. The predicted molar refractivity (Wildman–Crippen MR) is 103 cm³/mol. The van der Waals surface area contributed by atoms with Gasteiger partial charge in [0.05, 0.1) is 11.2 Å². The number of hydrogen-bond donors (Lipinski definition) is 4. The minimum absolute atomic E-state index is 0.0212. The molecule has 0 spiro atoms. The highest BCUT2D eigenvalue weighted by atomic mass is 16.5. The van der Waals surface area contributed by atoms with Gasteiger partial charge in [0.25, 0.3) is 0 Å². The topological polar surface area (TPSA) is 89.1 Å². The van der Waals surface area contributed by atoms with Crippen LogP contribution in [0.3, 0.4) is 0 Å². The lowest BCUT2D eigenvalue weighted by Crippen LogP contribution is -2.45. The van der Waals surface area contributed by atoms with Gasteiger partial charge in [-0.1, -0.05) is 0 Å². The van der Waals surface area contributed by atoms with E-state index in [1.165, 1.54) is 0 Å². The number of piperazine rings is 1. The minimum atomic E-state index is -0.0212. The molecule has 4 N–H and O–H groups in total. The van der Waals surface area contributed by atoms with Gasteiger partial charge in [-0.25, -0.2) is 0 Å². The number of H-pyrrole nitrogens is 1. The van der Waals surface area contributed by atoms with Gasteiger partial charge in [-0.15, -0.1) is 0 Å². The van der Waals surface area contributed by atoms with E-state index in [-0.39, 0.29) is 5.60 Å². The highest BCUT2D eigenvalue weighted by molar-refractivity contribution is 6.13. The normalized spacial score (nSPS) is 19.5. The largest absolute Gasteiger partial charge is 0.488 e. The summed E-state index contributed by atoms with van der Waals surface area (Å²) in [6.07, 6.45) is 4.05. The summed E-state index contributed by atoms with van der Waals surface area (Å²) in [5, 5.41) is 23.4. The van der Waals surface area contributed by atoms with Gasteiger partial charge < -0.3 is 20.3 Å². The smallest absolute Gasteiger partial charge is 0.120 e. The maximum Gasteiger partial charge on any atom is 0.120 e. The zero-order chi connectivity index (χ0) is 18.1. The van der Waals surface area contributed by atoms with Crippen LogP contribution in [-0.2, 0) is 0 Å². The first-order valence-electron chi connectivity index (χ1n) is 9.19. The molecule has 1 aliphatic carbocycles. The van der Waals surface area contributed by atoms with Crippen LogP contribution in [-0.4, -0.2) is 59.6 Å². The van der Waals surface area contributed by atoms with E-state index >= 15 is 0 Å². The third-order valence-corrected chi connectivity index (χ3v) is 5.10. The molecular formula is C19H26N6O. The summed E-state index contributed by atoms with van der Waals surface area (Å²) in [7, 11) is 1.89. The summed E-state index contributed by atoms with van der Waals surface area (Å²) in [6.45, 7) is 5.90. The summed E-state index contributed by atoms with van der Waals surface area (Å²) in [6, 6.07) is 5.93. The fourth-order valence-electron chi connectivity index (χ4n) is 3.26. The highest BCUT2D eigenvalue weighted by Crippen LogP contribution is 2.40. The van der Waals surface area contributed by atoms with E-state index in [9.17, 15) is 0 Å². The van der Waals surface area contributed by atoms with Gasteiger partial charge in [0.1, 0.15) is 22.9 Å². The Bertz CT molecular complexity index is 845. The molecule has 0 radical (unpaired) electrons. The van der Waals surface area contributed by atoms with E-state index in [4.69, 9.17) is 10.1 Å². The van der Waals surface area contributed by atoms with Crippen LogP contribution < -0.4 is 15.4 Å². The maximum atomic E-state index is 8.56. The van der Waals surface area contributed by atoms with Crippen molar-refractivity contribution < 1.29 is 4.74 Å². The molecule has 0 unspecified atom stereocenters. The van der Waals surface area contributed by atoms with Crippen LogP contribution >= 0.6 is 0 Å². The Labute approximate surface area is 153 Å². The summed E-state index contributed by atoms with van der Waals surface area (Å²) in [5.41, 5.74) is 1.93. The van der Waals surface area contributed by atoms with Crippen molar-refractivity contribution in [2.75, 3.05) is 33.2 Å². The first-order valence-corrected chi connectivity index (χ1v) is 9.19. The number of nitrogens with zero attached hydrogens (tertiary/aromatic N) is 2. The Morgan fingerprint density at radius 3 is 2.81 bits per heavy atom. The zero-order valence-electron chi connectivity index (χ0n) is 15.4. The highest BCUT2D eigenvalue weighted by Gasteiger charge is 2.40. The number of fused-ring (bicyclic) bond motifs is 1. The summed E-state index contributed by atoms with van der Waals surface area (Å²) >= 11 is 0. The van der Waals surface area contributed by atoms with Crippen molar-refractivity contribution in [1.29, 1.82) is 5.41 Å². The van der Waals surface area contributed by atoms with Crippen molar-refractivity contribution in [1.82, 2.24) is 25.7 Å². The van der Waals surface area contributed by atoms with Crippen LogP contribution in [0, 0.1) is 5.41 Å². The fraction of sp³-hybridized carbons (Fsp3) is 0.474. The molecule has 1 saturated carbocycles. The lowest BCUT2D eigenvalue weighted by molar-refractivity contribution is 0.200. The number of nitrogens with one attached hydrogen (secondary N) is 4. The van der Waals surface area contributed by atoms with Gasteiger partial charge in [0.2, 0.25) is 0 Å². The number of allylic oxidation sites excluding steroid dienone is 1. The van der Waals surface area contributed by atoms with Gasteiger partial charge in [-0.3, -0.25) is 10.5 Å². The van der Waals surface area contributed by atoms with Crippen LogP contribution in [0.1, 0.15) is 25.5 Å². The molecule has 7 heteroatoms. The van der Waals surface area contributed by atoms with Gasteiger partial charge in [-0.05, 0) is 38.0 Å². The lowest BCUT2D eigenvalue weighted by atomic mass is 10.1. The number of aromatic nitrogens is 2. The number of aromatic amines is 1. The second kappa shape index (κ2) is 6.64. The average Bonchev–Trinajstić information content (AvgIpc) is 3.23. The van der Waals surface area contributed by atoms with Crippen molar-refractivity contribution in [3.8, 4) is 5.75 Å². The van der Waals surface area contributed by atoms with E-state index < -0.39 is 0 Å². The Hall–Kier alpha value is -2.54. The standard InChI is InChI=1S/C19H26N6O/c1-19(5-6-19)26-13-3-4-16-14(11-13)18(24-23-16)15(20)12-17(21-2)25-9-7-22-8-10-25/h3-4,11-12,20-22H,5-10H2,1-2H3,(H,23,24)/b17-12+,20-15?. The van der Waals surface area contributed by atoms with Crippen molar-refractivity contribution >= 4 is 16.6 Å². The third kappa shape index (κ3) is 3.39. The molecule has 2 aliphatic rings. The number of benzene rings is 1. The molecule has 0 amide bonds. The molecule has 0 atom stereocenters. The van der Waals surface area contributed by atoms with Crippen molar-refractivity contribution in [2.45, 2.75) is 25.4 Å². The number of rotatable bonds is 6. The summed E-state index contributed by atoms with van der Waals surface area (Å²) in [4.78, 5) is 2.25. The average molecular weight is 354 g/mol. The second-order valence-corrected chi connectivity index (χ2v) is 7.26. The van der Waals surface area contributed by atoms with Crippen LogP contribution in [0.5, 0.6) is 5.75 Å². The molecule has 2 fully saturated rings. The first-order chi connectivity index (χ1) is 12.6. The monoisotopic (exact) mass is 354 g/mol. The Morgan fingerprint density at radius 2 is 2.12 bits per heavy atom. The number of ether oxygens (including phenoxy) is 1. The van der Waals surface area contributed by atoms with Crippen molar-refractivity contribution in [3.63, 3.8) is 0 Å². The quantitative estimate of drug-likeness (QED) is 0.595. The van der Waals surface area contributed by atoms with Crippen molar-refractivity contribution in [2.24, 2.45) is 0 Å². The van der Waals surface area contributed by atoms with Gasteiger partial charge in [0.15, 0.2) is 0 Å². The molecule has 26 heavy (non-hydrogen) atoms. The molecule has 138 valence electrons. The maximum absolute atomic E-state index is 8.56. The lowest BCUT2D eigenvalue weighted by Gasteiger charge is -2.31. The molecule has 0 bridgehead atoms. The van der Waals surface area contributed by atoms with Crippen LogP contribution in [0.4, 0.5) is 0 Å². The molecule has 2 aromatic rings. The summed E-state index contributed by atoms with van der Waals surface area (Å²) < 4.78 is 6.07. The van der Waals surface area contributed by atoms with Crippen LogP contribution in [0.2, 0.25) is 0 Å².